The third kappa shape index (κ3) is 5.47. The van der Waals surface area contributed by atoms with E-state index in [1.165, 1.54) is 6.07 Å². The van der Waals surface area contributed by atoms with Gasteiger partial charge in [0.2, 0.25) is 0 Å². The Morgan fingerprint density at radius 2 is 2.05 bits per heavy atom. The molecule has 0 aliphatic rings. The predicted molar refractivity (Wildman–Crippen MR) is 82.7 cm³/mol. The Kier molecular flexibility index (Phi) is 6.96. The molecule has 0 amide bonds. The maximum Gasteiger partial charge on any atom is 0.123 e. The van der Waals surface area contributed by atoms with E-state index in [4.69, 9.17) is 10.5 Å². The van der Waals surface area contributed by atoms with E-state index in [9.17, 15) is 4.39 Å². The summed E-state index contributed by atoms with van der Waals surface area (Å²) in [5.41, 5.74) is 7.99. The molecule has 1 rings (SSSR count). The number of rotatable bonds is 8. The normalized spacial score (nSPS) is 12.8. The minimum atomic E-state index is -0.209. The number of nitrogens with zero attached hydrogens (tertiary/aromatic N) is 1. The lowest BCUT2D eigenvalue weighted by atomic mass is 10.0. The maximum atomic E-state index is 13.4. The lowest BCUT2D eigenvalue weighted by molar-refractivity contribution is 0.0846. The number of hydrogen-bond donors (Lipinski definition) is 1. The first-order valence-electron chi connectivity index (χ1n) is 7.30. The van der Waals surface area contributed by atoms with Crippen molar-refractivity contribution < 1.29 is 9.13 Å². The van der Waals surface area contributed by atoms with Gasteiger partial charge in [0.1, 0.15) is 5.82 Å². The van der Waals surface area contributed by atoms with Crippen LogP contribution in [0.2, 0.25) is 0 Å². The van der Waals surface area contributed by atoms with Crippen molar-refractivity contribution in [3.63, 3.8) is 0 Å². The Hall–Kier alpha value is -1.13. The first-order valence-corrected chi connectivity index (χ1v) is 7.30. The molecule has 3 nitrogen and oxygen atoms in total. The van der Waals surface area contributed by atoms with Gasteiger partial charge in [-0.05, 0) is 50.5 Å². The molecule has 0 fully saturated rings. The Morgan fingerprint density at radius 3 is 2.65 bits per heavy atom. The minimum absolute atomic E-state index is 0.0656. The molecular formula is C16H27FN2O. The van der Waals surface area contributed by atoms with Gasteiger partial charge in [-0.25, -0.2) is 4.39 Å². The molecule has 4 heteroatoms. The lowest BCUT2D eigenvalue weighted by Gasteiger charge is -2.24. The van der Waals surface area contributed by atoms with Gasteiger partial charge in [0.05, 0.1) is 12.7 Å². The molecule has 20 heavy (non-hydrogen) atoms. The van der Waals surface area contributed by atoms with Crippen molar-refractivity contribution in [1.82, 2.24) is 0 Å². The van der Waals surface area contributed by atoms with Gasteiger partial charge in [-0.15, -0.1) is 0 Å². The van der Waals surface area contributed by atoms with E-state index in [0.717, 1.165) is 24.2 Å². The van der Waals surface area contributed by atoms with E-state index >= 15 is 0 Å². The van der Waals surface area contributed by atoms with Crippen molar-refractivity contribution >= 4 is 5.69 Å². The second kappa shape index (κ2) is 8.22. The van der Waals surface area contributed by atoms with Crippen LogP contribution < -0.4 is 10.6 Å². The van der Waals surface area contributed by atoms with Crippen LogP contribution in [0.1, 0.15) is 32.8 Å². The summed E-state index contributed by atoms with van der Waals surface area (Å²) in [5.74, 6) is -0.209. The quantitative estimate of drug-likeness (QED) is 0.796. The first-order chi connectivity index (χ1) is 9.43. The summed E-state index contributed by atoms with van der Waals surface area (Å²) in [7, 11) is 2.00. The maximum absolute atomic E-state index is 13.4. The minimum Gasteiger partial charge on any atom is -0.377 e. The van der Waals surface area contributed by atoms with Gasteiger partial charge >= 0.3 is 0 Å². The summed E-state index contributed by atoms with van der Waals surface area (Å²) >= 11 is 0. The zero-order valence-corrected chi connectivity index (χ0v) is 13.0. The number of halogens is 1. The van der Waals surface area contributed by atoms with E-state index < -0.39 is 0 Å². The number of hydrogen-bond acceptors (Lipinski definition) is 3. The fourth-order valence-corrected chi connectivity index (χ4v) is 2.06. The fourth-order valence-electron chi connectivity index (χ4n) is 2.06. The van der Waals surface area contributed by atoms with Gasteiger partial charge < -0.3 is 15.4 Å². The van der Waals surface area contributed by atoms with E-state index in [-0.39, 0.29) is 18.0 Å². The largest absolute Gasteiger partial charge is 0.377 e. The molecule has 1 unspecified atom stereocenters. The summed E-state index contributed by atoms with van der Waals surface area (Å²) in [6, 6.07) is 4.97. The molecule has 1 aromatic rings. The summed E-state index contributed by atoms with van der Waals surface area (Å²) in [6.45, 7) is 7.51. The molecule has 0 radical (unpaired) electrons. The van der Waals surface area contributed by atoms with Crippen LogP contribution in [-0.4, -0.2) is 32.3 Å². The third-order valence-electron chi connectivity index (χ3n) is 3.34. The number of ether oxygens (including phenoxy) is 1. The zero-order valence-electron chi connectivity index (χ0n) is 13.0. The molecule has 0 aliphatic carbocycles. The highest BCUT2D eigenvalue weighted by Crippen LogP contribution is 2.22. The highest BCUT2D eigenvalue weighted by molar-refractivity contribution is 5.53. The molecule has 0 saturated carbocycles. The van der Waals surface area contributed by atoms with E-state index in [0.29, 0.717) is 13.0 Å². The lowest BCUT2D eigenvalue weighted by Crippen LogP contribution is -2.27. The first kappa shape index (κ1) is 16.9. The van der Waals surface area contributed by atoms with Gasteiger partial charge in [0.25, 0.3) is 0 Å². The Morgan fingerprint density at radius 1 is 1.35 bits per heavy atom. The Labute approximate surface area is 121 Å². The molecular weight excluding hydrogens is 255 g/mol. The van der Waals surface area contributed by atoms with Crippen molar-refractivity contribution in [3.05, 3.63) is 29.6 Å². The topological polar surface area (TPSA) is 38.5 Å². The van der Waals surface area contributed by atoms with Gasteiger partial charge in [-0.2, -0.15) is 0 Å². The molecule has 0 heterocycles. The molecule has 0 bridgehead atoms. The smallest absolute Gasteiger partial charge is 0.123 e. The van der Waals surface area contributed by atoms with Crippen molar-refractivity contribution in [1.29, 1.82) is 0 Å². The predicted octanol–water partition coefficient (Wildman–Crippen LogP) is 2.97. The number of likely N-dealkylation sites (N-methyl/N-ethyl adjacent to an activating group) is 1. The average molecular weight is 282 g/mol. The monoisotopic (exact) mass is 282 g/mol. The van der Waals surface area contributed by atoms with Gasteiger partial charge in [0.15, 0.2) is 0 Å². The highest BCUT2D eigenvalue weighted by atomic mass is 19.1. The molecule has 0 aliphatic heterocycles. The molecule has 1 aromatic carbocycles. The van der Waals surface area contributed by atoms with Gasteiger partial charge in [-0.3, -0.25) is 0 Å². The zero-order chi connectivity index (χ0) is 15.1. The molecule has 0 spiro atoms. The van der Waals surface area contributed by atoms with Crippen LogP contribution in [-0.2, 0) is 11.2 Å². The number of benzene rings is 1. The summed E-state index contributed by atoms with van der Waals surface area (Å²) < 4.78 is 19.0. The van der Waals surface area contributed by atoms with Crippen LogP contribution >= 0.6 is 0 Å². The summed E-state index contributed by atoms with van der Waals surface area (Å²) in [4.78, 5) is 2.10. The SMILES string of the molecule is CCC(N)Cc1cc(F)ccc1N(C)CCOC(C)C. The second-order valence-electron chi connectivity index (χ2n) is 5.49. The van der Waals surface area contributed by atoms with Crippen LogP contribution in [0.5, 0.6) is 0 Å². The summed E-state index contributed by atoms with van der Waals surface area (Å²) in [5, 5.41) is 0. The van der Waals surface area contributed by atoms with E-state index in [1.54, 1.807) is 6.07 Å². The van der Waals surface area contributed by atoms with Crippen molar-refractivity contribution in [2.45, 2.75) is 45.8 Å². The Bertz CT molecular complexity index is 409. The van der Waals surface area contributed by atoms with Crippen LogP contribution in [0.3, 0.4) is 0 Å². The molecule has 114 valence electrons. The van der Waals surface area contributed by atoms with Crippen molar-refractivity contribution in [2.75, 3.05) is 25.1 Å². The molecule has 1 atom stereocenters. The number of anilines is 1. The summed E-state index contributed by atoms with van der Waals surface area (Å²) in [6.07, 6.45) is 1.80. The highest BCUT2D eigenvalue weighted by Gasteiger charge is 2.11. The van der Waals surface area contributed by atoms with Crippen molar-refractivity contribution in [2.24, 2.45) is 5.73 Å². The van der Waals surface area contributed by atoms with Gasteiger partial charge in [0, 0.05) is 25.3 Å². The van der Waals surface area contributed by atoms with Crippen LogP contribution in [0.25, 0.3) is 0 Å². The second-order valence-corrected chi connectivity index (χ2v) is 5.49. The van der Waals surface area contributed by atoms with E-state index in [1.807, 2.05) is 33.9 Å². The fraction of sp³-hybridized carbons (Fsp3) is 0.625. The van der Waals surface area contributed by atoms with Crippen molar-refractivity contribution in [3.8, 4) is 0 Å². The third-order valence-corrected chi connectivity index (χ3v) is 3.34. The van der Waals surface area contributed by atoms with Crippen LogP contribution in [0.15, 0.2) is 18.2 Å². The van der Waals surface area contributed by atoms with E-state index in [2.05, 4.69) is 4.90 Å². The Balaban J connectivity index is 2.76. The van der Waals surface area contributed by atoms with Crippen LogP contribution in [0, 0.1) is 5.82 Å². The standard InChI is InChI=1S/C16H27FN2O/c1-5-15(18)11-13-10-14(17)6-7-16(13)19(4)8-9-20-12(2)3/h6-7,10,12,15H,5,8-9,11,18H2,1-4H3. The number of nitrogens with two attached hydrogens (primary N) is 1. The molecule has 0 saturated heterocycles. The average Bonchev–Trinajstić information content (AvgIpc) is 2.38. The molecule has 0 aromatic heterocycles. The van der Waals surface area contributed by atoms with Crippen LogP contribution in [0.4, 0.5) is 10.1 Å². The van der Waals surface area contributed by atoms with Gasteiger partial charge in [-0.1, -0.05) is 6.92 Å². The molecule has 2 N–H and O–H groups in total.